The Morgan fingerprint density at radius 3 is 1.24 bits per heavy atom. The number of halogens is 6. The molecule has 18 nitrogen and oxygen atoms in total. The molecule has 4 atom stereocenters. The number of carbonyl (C=O) groups is 6. The zero-order valence-electron chi connectivity index (χ0n) is 29.0. The number of amides is 4. The van der Waals surface area contributed by atoms with Crippen LogP contribution in [0, 0.1) is 21.4 Å². The van der Waals surface area contributed by atoms with Crippen LogP contribution < -0.4 is 61.2 Å². The van der Waals surface area contributed by atoms with Gasteiger partial charge < -0.3 is 67.1 Å². The van der Waals surface area contributed by atoms with E-state index >= 15 is 0 Å². The monoisotopic (exact) mass is 1440 g/mol. The van der Waals surface area contributed by atoms with Crippen molar-refractivity contribution >= 4 is 182 Å². The molecule has 0 aliphatic rings. The summed E-state index contributed by atoms with van der Waals surface area (Å²) in [5.74, 6) is -4.05. The van der Waals surface area contributed by atoms with Crippen molar-refractivity contribution in [1.82, 2.24) is 16.0 Å². The molecule has 0 saturated heterocycles. The fraction of sp³-hybridized carbons (Fsp3) is 0.379. The Kier molecular flexibility index (Phi) is 28.5. The van der Waals surface area contributed by atoms with E-state index in [0.717, 1.165) is 0 Å². The molecule has 0 saturated carbocycles. The average Bonchev–Trinajstić information content (AvgIpc) is 3.07. The Morgan fingerprint density at radius 1 is 0.611 bits per heavy atom. The molecule has 0 radical (unpaired) electrons. The molecule has 0 aromatic heterocycles. The summed E-state index contributed by atoms with van der Waals surface area (Å²) in [6.45, 7) is 2.06. The standard InChI is InChI=1S/2C11H9I3N2O4.C7H17NO5.Na/c2*1-3(17)16-9-7(13)4(10(18)15-2)6(12)5(8(9)14)11(19)20;1-8-2-4(10)6(12)7(13)5(11)3-9;/h2*1-2H3,(H,15,18)(H,16,17)(H,19,20);4-13H,2-3H2,1H3;/q;;;+1/p-1. The predicted octanol–water partition coefficient (Wildman–Crippen LogP) is -2.66. The molecule has 2 aromatic rings. The Balaban J connectivity index is 0. The van der Waals surface area contributed by atoms with E-state index < -0.39 is 54.8 Å². The van der Waals surface area contributed by atoms with Crippen molar-refractivity contribution in [2.24, 2.45) is 0 Å². The summed E-state index contributed by atoms with van der Waals surface area (Å²) in [4.78, 5) is 69.1. The number of aliphatic hydroxyl groups is 5. The molecule has 0 bridgehead atoms. The summed E-state index contributed by atoms with van der Waals surface area (Å²) in [5, 5.41) is 78.1. The molecular weight excluding hydrogens is 1410 g/mol. The van der Waals surface area contributed by atoms with Gasteiger partial charge in [0.2, 0.25) is 11.8 Å². The minimum Gasteiger partial charge on any atom is -0.545 e. The fourth-order valence-electron chi connectivity index (χ4n) is 3.81. The molecular formula is C29H34I6N5NaO13. The maximum absolute atomic E-state index is 12.0. The molecule has 0 spiro atoms. The van der Waals surface area contributed by atoms with E-state index in [2.05, 4.69) is 26.6 Å². The minimum absolute atomic E-state index is 0. The van der Waals surface area contributed by atoms with Gasteiger partial charge in [-0.15, -0.1) is 0 Å². The van der Waals surface area contributed by atoms with Crippen molar-refractivity contribution in [3.05, 3.63) is 43.7 Å². The molecule has 54 heavy (non-hydrogen) atoms. The molecule has 4 unspecified atom stereocenters. The van der Waals surface area contributed by atoms with Crippen LogP contribution in [0.25, 0.3) is 0 Å². The second-order valence-corrected chi connectivity index (χ2v) is 16.6. The van der Waals surface area contributed by atoms with Gasteiger partial charge in [-0.1, -0.05) is 0 Å². The number of carbonyl (C=O) groups excluding carboxylic acids is 5. The smallest absolute Gasteiger partial charge is 0.545 e. The summed E-state index contributed by atoms with van der Waals surface area (Å²) in [5.41, 5.74) is 1.00. The number of carboxylic acid groups (broad SMARTS) is 2. The van der Waals surface area contributed by atoms with Gasteiger partial charge in [-0.2, -0.15) is 0 Å². The number of hydrogen-bond donors (Lipinski definition) is 11. The molecule has 25 heteroatoms. The Hall–Kier alpha value is 0.400. The number of anilines is 2. The van der Waals surface area contributed by atoms with Gasteiger partial charge in [0.15, 0.2) is 0 Å². The minimum atomic E-state index is -1.55. The summed E-state index contributed by atoms with van der Waals surface area (Å²) < 4.78 is 2.35. The number of hydrogen-bond acceptors (Lipinski definition) is 13. The fourth-order valence-corrected chi connectivity index (χ4v) is 12.6. The third kappa shape index (κ3) is 15.9. The third-order valence-electron chi connectivity index (χ3n) is 6.30. The van der Waals surface area contributed by atoms with Crippen molar-refractivity contribution < 1.29 is 94.1 Å². The second kappa shape index (κ2) is 27.2. The van der Waals surface area contributed by atoms with Crippen LogP contribution in [-0.4, -0.2) is 125 Å². The number of carboxylic acids is 2. The SMILES string of the molecule is CNC(=O)c1c(I)c(NC(C)=O)c(I)c(C(=O)O)c1I.CNC(=O)c1c(I)c(NC(C)=O)c(I)c(C(=O)[O-])c1I.CNCC(O)C(O)C(O)C(O)CO.[Na+]. The third-order valence-corrected chi connectivity index (χ3v) is 12.8. The van der Waals surface area contributed by atoms with E-state index in [4.69, 9.17) is 20.4 Å². The zero-order chi connectivity index (χ0) is 41.7. The summed E-state index contributed by atoms with van der Waals surface area (Å²) in [6.07, 6.45) is -5.65. The first-order chi connectivity index (χ1) is 24.5. The Morgan fingerprint density at radius 2 is 0.944 bits per heavy atom. The molecule has 4 amide bonds. The quantitative estimate of drug-likeness (QED) is 0.0765. The van der Waals surface area contributed by atoms with E-state index in [0.29, 0.717) is 29.2 Å². The van der Waals surface area contributed by atoms with Crippen LogP contribution >= 0.6 is 136 Å². The molecule has 2 rings (SSSR count). The number of aromatic carboxylic acids is 2. The van der Waals surface area contributed by atoms with E-state index in [1.807, 2.05) is 113 Å². The van der Waals surface area contributed by atoms with Crippen molar-refractivity contribution in [3.63, 3.8) is 0 Å². The van der Waals surface area contributed by atoms with Crippen molar-refractivity contribution in [1.29, 1.82) is 0 Å². The first-order valence-corrected chi connectivity index (χ1v) is 20.8. The molecule has 0 aliphatic carbocycles. The van der Waals surface area contributed by atoms with Gasteiger partial charge in [-0.25, -0.2) is 4.79 Å². The van der Waals surface area contributed by atoms with Gasteiger partial charge >= 0.3 is 35.5 Å². The molecule has 2 aromatic carbocycles. The maximum Gasteiger partial charge on any atom is 1.00 e. The van der Waals surface area contributed by atoms with Crippen molar-refractivity contribution in [3.8, 4) is 0 Å². The molecule has 296 valence electrons. The van der Waals surface area contributed by atoms with Crippen LogP contribution in [-0.2, 0) is 9.59 Å². The molecule has 0 fully saturated rings. The van der Waals surface area contributed by atoms with Crippen LogP contribution in [0.5, 0.6) is 0 Å². The van der Waals surface area contributed by atoms with E-state index in [9.17, 15) is 44.1 Å². The van der Waals surface area contributed by atoms with Gasteiger partial charge in [0.1, 0.15) is 18.3 Å². The molecule has 0 heterocycles. The number of aliphatic hydroxyl groups excluding tert-OH is 5. The summed E-state index contributed by atoms with van der Waals surface area (Å²) in [6, 6.07) is 0. The van der Waals surface area contributed by atoms with Crippen molar-refractivity contribution in [2.75, 3.05) is 44.9 Å². The van der Waals surface area contributed by atoms with Crippen LogP contribution in [0.2, 0.25) is 0 Å². The normalized spacial score (nSPS) is 12.4. The first kappa shape index (κ1) is 56.5. The van der Waals surface area contributed by atoms with Gasteiger partial charge in [-0.3, -0.25) is 19.2 Å². The number of likely N-dealkylation sites (N-methyl/N-ethyl adjacent to an activating group) is 1. The van der Waals surface area contributed by atoms with Gasteiger partial charge in [0, 0.05) is 50.8 Å². The van der Waals surface area contributed by atoms with Crippen LogP contribution in [0.3, 0.4) is 0 Å². The topological polar surface area (TPSA) is 307 Å². The van der Waals surface area contributed by atoms with Crippen LogP contribution in [0.15, 0.2) is 0 Å². The van der Waals surface area contributed by atoms with Crippen LogP contribution in [0.1, 0.15) is 55.3 Å². The van der Waals surface area contributed by atoms with Crippen molar-refractivity contribution in [2.45, 2.75) is 38.3 Å². The van der Waals surface area contributed by atoms with Gasteiger partial charge in [-0.05, 0) is 143 Å². The van der Waals surface area contributed by atoms with Gasteiger partial charge in [0.25, 0.3) is 11.8 Å². The Bertz CT molecular complexity index is 1620. The Labute approximate surface area is 413 Å². The zero-order valence-corrected chi connectivity index (χ0v) is 44.0. The van der Waals surface area contributed by atoms with E-state index in [1.165, 1.54) is 27.9 Å². The van der Waals surface area contributed by atoms with E-state index in [-0.39, 0.29) is 73.7 Å². The predicted molar refractivity (Wildman–Crippen MR) is 241 cm³/mol. The average molecular weight is 1450 g/mol. The van der Waals surface area contributed by atoms with E-state index in [1.54, 1.807) is 29.6 Å². The molecule has 0 aliphatic heterocycles. The van der Waals surface area contributed by atoms with Gasteiger partial charge in [0.05, 0.1) is 57.5 Å². The number of rotatable bonds is 12. The number of nitrogens with one attached hydrogen (secondary N) is 5. The maximum atomic E-state index is 12.0. The van der Waals surface area contributed by atoms with Crippen LogP contribution in [0.4, 0.5) is 11.4 Å². The summed E-state index contributed by atoms with van der Waals surface area (Å²) >= 11 is 11.1. The first-order valence-electron chi connectivity index (χ1n) is 14.3. The number of benzene rings is 2. The summed E-state index contributed by atoms with van der Waals surface area (Å²) in [7, 11) is 4.49. The second-order valence-electron chi connectivity index (χ2n) is 10.1. The largest absolute Gasteiger partial charge is 1.00 e. The molecule has 11 N–H and O–H groups in total.